The third kappa shape index (κ3) is 3.32. The largest absolute Gasteiger partial charge is 0.308 e. The molecule has 0 radical (unpaired) electrons. The first-order valence-electron chi connectivity index (χ1n) is 7.64. The van der Waals surface area contributed by atoms with Crippen LogP contribution in [0.1, 0.15) is 57.8 Å². The summed E-state index contributed by atoms with van der Waals surface area (Å²) in [6, 6.07) is 0.573. The third-order valence-corrected chi connectivity index (χ3v) is 4.83. The van der Waals surface area contributed by atoms with Gasteiger partial charge in [0.15, 0.2) is 0 Å². The Balaban J connectivity index is 1.99. The van der Waals surface area contributed by atoms with Crippen LogP contribution in [0.15, 0.2) is 0 Å². The van der Waals surface area contributed by atoms with Crippen LogP contribution in [0.3, 0.4) is 0 Å². The molecule has 0 unspecified atom stereocenters. The van der Waals surface area contributed by atoms with Crippen molar-refractivity contribution >= 4 is 11.6 Å². The molecular formula is C15H26ClN3. The fourth-order valence-electron chi connectivity index (χ4n) is 3.07. The minimum absolute atomic E-state index is 0.573. The molecule has 1 aromatic rings. The summed E-state index contributed by atoms with van der Waals surface area (Å²) >= 11 is 6.43. The lowest BCUT2D eigenvalue weighted by Crippen LogP contribution is -2.32. The second kappa shape index (κ2) is 6.76. The quantitative estimate of drug-likeness (QED) is 0.861. The SMILES string of the molecule is CCc1nn(CC)c(CN[C@@H](C)C2CCCC2)c1Cl. The van der Waals surface area contributed by atoms with Crippen LogP contribution in [-0.2, 0) is 19.5 Å². The Morgan fingerprint density at radius 2 is 2.05 bits per heavy atom. The van der Waals surface area contributed by atoms with Gasteiger partial charge in [0.05, 0.1) is 16.4 Å². The Morgan fingerprint density at radius 3 is 2.63 bits per heavy atom. The number of halogens is 1. The van der Waals surface area contributed by atoms with E-state index in [1.165, 1.54) is 25.7 Å². The van der Waals surface area contributed by atoms with Gasteiger partial charge in [0.25, 0.3) is 0 Å². The van der Waals surface area contributed by atoms with Gasteiger partial charge >= 0.3 is 0 Å². The first kappa shape index (κ1) is 14.9. The fourth-order valence-corrected chi connectivity index (χ4v) is 3.40. The third-order valence-electron chi connectivity index (χ3n) is 4.39. The molecule has 1 saturated carbocycles. The minimum Gasteiger partial charge on any atom is -0.308 e. The van der Waals surface area contributed by atoms with Gasteiger partial charge < -0.3 is 5.32 Å². The second-order valence-corrected chi connectivity index (χ2v) is 5.97. The first-order valence-corrected chi connectivity index (χ1v) is 8.02. The number of aryl methyl sites for hydroxylation is 2. The van der Waals surface area contributed by atoms with Gasteiger partial charge in [-0.1, -0.05) is 31.4 Å². The molecule has 1 N–H and O–H groups in total. The van der Waals surface area contributed by atoms with E-state index < -0.39 is 0 Å². The predicted octanol–water partition coefficient (Wildman–Crippen LogP) is 3.79. The number of rotatable bonds is 6. The predicted molar refractivity (Wildman–Crippen MR) is 80.5 cm³/mol. The standard InChI is InChI=1S/C15H26ClN3/c1-4-13-15(16)14(19(5-2)18-13)10-17-11(3)12-8-6-7-9-12/h11-12,17H,4-10H2,1-3H3/t11-/m0/s1. The van der Waals surface area contributed by atoms with Crippen LogP contribution in [0.5, 0.6) is 0 Å². The lowest BCUT2D eigenvalue weighted by atomic mass is 10.00. The van der Waals surface area contributed by atoms with E-state index in [2.05, 4.69) is 31.2 Å². The molecule has 4 heteroatoms. The highest BCUT2D eigenvalue weighted by Crippen LogP contribution is 2.28. The number of aromatic nitrogens is 2. The van der Waals surface area contributed by atoms with Crippen molar-refractivity contribution in [3.8, 4) is 0 Å². The van der Waals surface area contributed by atoms with E-state index in [1.807, 2.05) is 4.68 Å². The van der Waals surface area contributed by atoms with Gasteiger partial charge in [-0.3, -0.25) is 4.68 Å². The van der Waals surface area contributed by atoms with E-state index in [0.717, 1.165) is 41.8 Å². The van der Waals surface area contributed by atoms with Crippen molar-refractivity contribution in [2.24, 2.45) is 5.92 Å². The van der Waals surface area contributed by atoms with Crippen LogP contribution < -0.4 is 5.32 Å². The van der Waals surface area contributed by atoms with Crippen LogP contribution in [0.4, 0.5) is 0 Å². The lowest BCUT2D eigenvalue weighted by Gasteiger charge is -2.20. The maximum Gasteiger partial charge on any atom is 0.0863 e. The number of nitrogens with zero attached hydrogens (tertiary/aromatic N) is 2. The molecule has 3 nitrogen and oxygen atoms in total. The van der Waals surface area contributed by atoms with Crippen molar-refractivity contribution in [1.82, 2.24) is 15.1 Å². The monoisotopic (exact) mass is 283 g/mol. The normalized spacial score (nSPS) is 18.1. The summed E-state index contributed by atoms with van der Waals surface area (Å²) in [6.07, 6.45) is 6.43. The van der Waals surface area contributed by atoms with Crippen molar-refractivity contribution in [2.45, 2.75) is 72.0 Å². The molecule has 0 spiro atoms. The summed E-state index contributed by atoms with van der Waals surface area (Å²) in [4.78, 5) is 0. The molecule has 2 rings (SSSR count). The Kier molecular flexibility index (Phi) is 5.28. The summed E-state index contributed by atoms with van der Waals surface area (Å²) < 4.78 is 2.04. The molecular weight excluding hydrogens is 258 g/mol. The zero-order valence-corrected chi connectivity index (χ0v) is 13.1. The van der Waals surface area contributed by atoms with Gasteiger partial charge in [-0.25, -0.2) is 0 Å². The van der Waals surface area contributed by atoms with Gasteiger partial charge in [0, 0.05) is 19.1 Å². The van der Waals surface area contributed by atoms with Crippen molar-refractivity contribution in [3.63, 3.8) is 0 Å². The number of hydrogen-bond acceptors (Lipinski definition) is 2. The zero-order valence-electron chi connectivity index (χ0n) is 12.4. The molecule has 1 aliphatic carbocycles. The maximum atomic E-state index is 6.43. The molecule has 0 bridgehead atoms. The summed E-state index contributed by atoms with van der Waals surface area (Å²) in [6.45, 7) is 8.24. The van der Waals surface area contributed by atoms with E-state index >= 15 is 0 Å². The van der Waals surface area contributed by atoms with E-state index in [9.17, 15) is 0 Å². The highest BCUT2D eigenvalue weighted by atomic mass is 35.5. The molecule has 0 aliphatic heterocycles. The van der Waals surface area contributed by atoms with Gasteiger partial charge in [0.1, 0.15) is 0 Å². The first-order chi connectivity index (χ1) is 9.17. The second-order valence-electron chi connectivity index (χ2n) is 5.59. The summed E-state index contributed by atoms with van der Waals surface area (Å²) in [5, 5.41) is 9.07. The molecule has 0 saturated heterocycles. The Labute approximate surface area is 121 Å². The van der Waals surface area contributed by atoms with E-state index in [1.54, 1.807) is 0 Å². The highest BCUT2D eigenvalue weighted by molar-refractivity contribution is 6.31. The van der Waals surface area contributed by atoms with Crippen molar-refractivity contribution in [2.75, 3.05) is 0 Å². The summed E-state index contributed by atoms with van der Waals surface area (Å²) in [5.41, 5.74) is 2.17. The summed E-state index contributed by atoms with van der Waals surface area (Å²) in [7, 11) is 0. The number of hydrogen-bond donors (Lipinski definition) is 1. The molecule has 1 aliphatic rings. The van der Waals surface area contributed by atoms with E-state index in [-0.39, 0.29) is 0 Å². The van der Waals surface area contributed by atoms with Gasteiger partial charge in [0.2, 0.25) is 0 Å². The minimum atomic E-state index is 0.573. The molecule has 108 valence electrons. The Morgan fingerprint density at radius 1 is 1.37 bits per heavy atom. The number of nitrogens with one attached hydrogen (secondary N) is 1. The lowest BCUT2D eigenvalue weighted by molar-refractivity contribution is 0.375. The smallest absolute Gasteiger partial charge is 0.0863 e. The summed E-state index contributed by atoms with van der Waals surface area (Å²) in [5.74, 6) is 0.836. The zero-order chi connectivity index (χ0) is 13.8. The Hall–Kier alpha value is -0.540. The molecule has 1 aromatic heterocycles. The van der Waals surface area contributed by atoms with Crippen LogP contribution in [0.2, 0.25) is 5.02 Å². The molecule has 1 fully saturated rings. The fraction of sp³-hybridized carbons (Fsp3) is 0.800. The Bertz CT molecular complexity index is 408. The van der Waals surface area contributed by atoms with Crippen molar-refractivity contribution in [1.29, 1.82) is 0 Å². The van der Waals surface area contributed by atoms with Crippen LogP contribution in [-0.4, -0.2) is 15.8 Å². The van der Waals surface area contributed by atoms with Gasteiger partial charge in [-0.05, 0) is 39.0 Å². The molecule has 1 heterocycles. The van der Waals surface area contributed by atoms with Crippen molar-refractivity contribution in [3.05, 3.63) is 16.4 Å². The highest BCUT2D eigenvalue weighted by Gasteiger charge is 2.22. The van der Waals surface area contributed by atoms with E-state index in [4.69, 9.17) is 11.6 Å². The topological polar surface area (TPSA) is 29.9 Å². The van der Waals surface area contributed by atoms with Gasteiger partial charge in [-0.2, -0.15) is 5.10 Å². The molecule has 0 aromatic carbocycles. The van der Waals surface area contributed by atoms with Crippen molar-refractivity contribution < 1.29 is 0 Å². The van der Waals surface area contributed by atoms with Crippen LogP contribution in [0.25, 0.3) is 0 Å². The molecule has 1 atom stereocenters. The average molecular weight is 284 g/mol. The van der Waals surface area contributed by atoms with Crippen LogP contribution in [0, 0.1) is 5.92 Å². The van der Waals surface area contributed by atoms with E-state index in [0.29, 0.717) is 6.04 Å². The van der Waals surface area contributed by atoms with Crippen LogP contribution >= 0.6 is 11.6 Å². The average Bonchev–Trinajstić information content (AvgIpc) is 3.04. The molecule has 19 heavy (non-hydrogen) atoms. The maximum absolute atomic E-state index is 6.43. The molecule has 0 amide bonds. The van der Waals surface area contributed by atoms with Gasteiger partial charge in [-0.15, -0.1) is 0 Å².